The van der Waals surface area contributed by atoms with Gasteiger partial charge in [0.1, 0.15) is 5.75 Å². The van der Waals surface area contributed by atoms with Crippen molar-refractivity contribution >= 4 is 17.3 Å². The number of hydrogen-bond acceptors (Lipinski definition) is 6. The Hall–Kier alpha value is -3.40. The first-order chi connectivity index (χ1) is 12.8. The average molecular weight is 378 g/mol. The number of hydrazine groups is 2. The standard InChI is InChI=1S/C17H13F3N4O3/c1-22-14-16(26)23(10-6-8-11(9-7-10)27-17(18,19)20)21-24(14)13-5-3-2-4-12(13)15(22)25/h2-9,21,26H,1H3. The third-order valence-corrected chi connectivity index (χ3v) is 4.15. The molecule has 0 unspecified atom stereocenters. The second-order valence-corrected chi connectivity index (χ2v) is 5.84. The number of aliphatic hydroxyl groups is 1. The number of nitrogens with zero attached hydrogens (tertiary/aromatic N) is 3. The van der Waals surface area contributed by atoms with E-state index in [0.29, 0.717) is 16.9 Å². The number of nitrogens with one attached hydrogen (secondary N) is 1. The summed E-state index contributed by atoms with van der Waals surface area (Å²) < 4.78 is 40.7. The molecule has 2 aliphatic rings. The number of fused-ring (bicyclic) bond motifs is 3. The van der Waals surface area contributed by atoms with Crippen LogP contribution in [0.1, 0.15) is 10.4 Å². The molecule has 0 saturated carbocycles. The summed E-state index contributed by atoms with van der Waals surface area (Å²) in [7, 11) is 1.52. The van der Waals surface area contributed by atoms with Crippen LogP contribution in [-0.2, 0) is 0 Å². The van der Waals surface area contributed by atoms with Gasteiger partial charge in [-0.15, -0.1) is 18.7 Å². The molecule has 0 saturated heterocycles. The van der Waals surface area contributed by atoms with E-state index in [1.165, 1.54) is 34.1 Å². The molecule has 2 aliphatic heterocycles. The van der Waals surface area contributed by atoms with Crippen LogP contribution in [0.2, 0.25) is 0 Å². The lowest BCUT2D eigenvalue weighted by Crippen LogP contribution is -2.48. The zero-order valence-electron chi connectivity index (χ0n) is 13.9. The number of aliphatic hydroxyl groups excluding tert-OH is 1. The number of carbonyl (C=O) groups is 1. The predicted octanol–water partition coefficient (Wildman–Crippen LogP) is 3.10. The molecule has 0 radical (unpaired) electrons. The molecule has 0 fully saturated rings. The highest BCUT2D eigenvalue weighted by atomic mass is 19.4. The number of amides is 1. The minimum Gasteiger partial charge on any atom is -0.491 e. The third-order valence-electron chi connectivity index (χ3n) is 4.15. The molecule has 1 amide bonds. The number of alkyl halides is 3. The van der Waals surface area contributed by atoms with Gasteiger partial charge < -0.3 is 9.84 Å². The predicted molar refractivity (Wildman–Crippen MR) is 89.4 cm³/mol. The van der Waals surface area contributed by atoms with E-state index in [9.17, 15) is 23.1 Å². The Morgan fingerprint density at radius 2 is 1.70 bits per heavy atom. The number of carbonyl (C=O) groups excluding carboxylic acids is 1. The highest BCUT2D eigenvalue weighted by Gasteiger charge is 2.41. The summed E-state index contributed by atoms with van der Waals surface area (Å²) in [6.07, 6.45) is -4.79. The minimum absolute atomic E-state index is 0.203. The number of halogens is 3. The molecule has 140 valence electrons. The number of para-hydroxylation sites is 1. The molecule has 0 aliphatic carbocycles. The quantitative estimate of drug-likeness (QED) is 0.837. The van der Waals surface area contributed by atoms with Gasteiger partial charge in [0.2, 0.25) is 0 Å². The van der Waals surface area contributed by atoms with Gasteiger partial charge in [0, 0.05) is 7.05 Å². The van der Waals surface area contributed by atoms with E-state index in [2.05, 4.69) is 10.3 Å². The molecular formula is C17H13F3N4O3. The summed E-state index contributed by atoms with van der Waals surface area (Å²) in [6, 6.07) is 11.8. The number of anilines is 2. The first-order valence-electron chi connectivity index (χ1n) is 7.79. The Morgan fingerprint density at radius 1 is 1.04 bits per heavy atom. The van der Waals surface area contributed by atoms with Crippen LogP contribution in [0.25, 0.3) is 0 Å². The molecule has 2 aromatic rings. The fourth-order valence-corrected chi connectivity index (χ4v) is 2.97. The Bertz CT molecular complexity index is 943. The zero-order valence-corrected chi connectivity index (χ0v) is 13.9. The average Bonchev–Trinajstić information content (AvgIpc) is 2.97. The van der Waals surface area contributed by atoms with E-state index in [0.717, 1.165) is 12.1 Å². The third kappa shape index (κ3) is 2.79. The van der Waals surface area contributed by atoms with Gasteiger partial charge in [0.15, 0.2) is 5.82 Å². The lowest BCUT2D eigenvalue weighted by molar-refractivity contribution is -0.274. The number of hydrogen-bond donors (Lipinski definition) is 2. The van der Waals surface area contributed by atoms with Crippen molar-refractivity contribution in [1.29, 1.82) is 0 Å². The van der Waals surface area contributed by atoms with Crippen molar-refractivity contribution in [3.63, 3.8) is 0 Å². The summed E-state index contributed by atoms with van der Waals surface area (Å²) in [5.74, 6) is -0.743. The van der Waals surface area contributed by atoms with Crippen LogP contribution in [0.5, 0.6) is 5.75 Å². The van der Waals surface area contributed by atoms with Crippen LogP contribution in [0, 0.1) is 0 Å². The molecule has 4 rings (SSSR count). The van der Waals surface area contributed by atoms with Crippen LogP contribution in [0.4, 0.5) is 24.5 Å². The molecule has 7 nitrogen and oxygen atoms in total. The fourth-order valence-electron chi connectivity index (χ4n) is 2.97. The van der Waals surface area contributed by atoms with E-state index in [-0.39, 0.29) is 23.4 Å². The molecule has 10 heteroatoms. The molecule has 0 aromatic heterocycles. The molecule has 2 N–H and O–H groups in total. The number of ether oxygens (including phenoxy) is 1. The molecule has 0 atom stereocenters. The van der Waals surface area contributed by atoms with Crippen molar-refractivity contribution in [2.75, 3.05) is 17.1 Å². The van der Waals surface area contributed by atoms with Crippen LogP contribution in [-0.4, -0.2) is 29.3 Å². The van der Waals surface area contributed by atoms with Crippen LogP contribution in [0.3, 0.4) is 0 Å². The summed E-state index contributed by atoms with van der Waals surface area (Å²) >= 11 is 0. The number of benzene rings is 2. The molecule has 2 aromatic carbocycles. The molecule has 0 spiro atoms. The van der Waals surface area contributed by atoms with E-state index < -0.39 is 6.36 Å². The van der Waals surface area contributed by atoms with Crippen LogP contribution >= 0.6 is 0 Å². The normalized spacial score (nSPS) is 16.6. The van der Waals surface area contributed by atoms with E-state index in [1.54, 1.807) is 24.3 Å². The molecule has 27 heavy (non-hydrogen) atoms. The van der Waals surface area contributed by atoms with Gasteiger partial charge >= 0.3 is 6.36 Å². The highest BCUT2D eigenvalue weighted by molar-refractivity contribution is 6.03. The Labute approximate surface area is 151 Å². The van der Waals surface area contributed by atoms with Gasteiger partial charge in [-0.2, -0.15) is 0 Å². The van der Waals surface area contributed by atoms with Gasteiger partial charge in [-0.1, -0.05) is 12.1 Å². The van der Waals surface area contributed by atoms with Gasteiger partial charge in [-0.3, -0.25) is 9.69 Å². The lowest BCUT2D eigenvalue weighted by atomic mass is 10.1. The topological polar surface area (TPSA) is 68.3 Å². The SMILES string of the molecule is CN1C(=O)c2ccccc2N2NN(c3ccc(OC(F)(F)F)cc3)C(O)=C12. The van der Waals surface area contributed by atoms with Crippen molar-refractivity contribution in [2.24, 2.45) is 0 Å². The van der Waals surface area contributed by atoms with Crippen molar-refractivity contribution < 1.29 is 27.8 Å². The first kappa shape index (κ1) is 17.0. The Kier molecular flexibility index (Phi) is 3.67. The highest BCUT2D eigenvalue weighted by Crippen LogP contribution is 2.37. The summed E-state index contributed by atoms with van der Waals surface area (Å²) in [4.78, 5) is 13.8. The van der Waals surface area contributed by atoms with Crippen LogP contribution < -0.4 is 20.3 Å². The summed E-state index contributed by atoms with van der Waals surface area (Å²) in [5.41, 5.74) is 4.26. The van der Waals surface area contributed by atoms with Gasteiger partial charge in [0.05, 0.1) is 16.9 Å². The van der Waals surface area contributed by atoms with Crippen molar-refractivity contribution in [3.05, 3.63) is 65.8 Å². The molecular weight excluding hydrogens is 365 g/mol. The van der Waals surface area contributed by atoms with Crippen molar-refractivity contribution in [3.8, 4) is 5.75 Å². The smallest absolute Gasteiger partial charge is 0.491 e. The Morgan fingerprint density at radius 3 is 2.37 bits per heavy atom. The second-order valence-electron chi connectivity index (χ2n) is 5.84. The van der Waals surface area contributed by atoms with E-state index in [1.807, 2.05) is 0 Å². The first-order valence-corrected chi connectivity index (χ1v) is 7.79. The summed E-state index contributed by atoms with van der Waals surface area (Å²) in [5, 5.41) is 13.4. The van der Waals surface area contributed by atoms with E-state index in [4.69, 9.17) is 0 Å². The van der Waals surface area contributed by atoms with E-state index >= 15 is 0 Å². The maximum absolute atomic E-state index is 12.5. The summed E-state index contributed by atoms with van der Waals surface area (Å²) in [6.45, 7) is 0. The minimum atomic E-state index is -4.79. The lowest BCUT2D eigenvalue weighted by Gasteiger charge is -2.33. The largest absolute Gasteiger partial charge is 0.573 e. The maximum Gasteiger partial charge on any atom is 0.573 e. The fraction of sp³-hybridized carbons (Fsp3) is 0.118. The molecule has 2 heterocycles. The van der Waals surface area contributed by atoms with Crippen LogP contribution in [0.15, 0.2) is 60.2 Å². The van der Waals surface area contributed by atoms with Crippen molar-refractivity contribution in [1.82, 2.24) is 10.4 Å². The van der Waals surface area contributed by atoms with Gasteiger partial charge in [-0.05, 0) is 36.4 Å². The Balaban J connectivity index is 1.68. The van der Waals surface area contributed by atoms with Gasteiger partial charge in [-0.25, -0.2) is 10.0 Å². The van der Waals surface area contributed by atoms with Crippen molar-refractivity contribution in [2.45, 2.75) is 6.36 Å². The zero-order chi connectivity index (χ0) is 19.3. The number of rotatable bonds is 2. The second kappa shape index (κ2) is 5.81. The monoisotopic (exact) mass is 378 g/mol. The molecule has 0 bridgehead atoms. The maximum atomic E-state index is 12.5. The van der Waals surface area contributed by atoms with Gasteiger partial charge in [0.25, 0.3) is 11.8 Å².